The molecule has 1 aromatic rings. The number of hydrogen-bond donors (Lipinski definition) is 1. The van der Waals surface area contributed by atoms with Gasteiger partial charge in [0.1, 0.15) is 12.4 Å². The molecule has 0 aliphatic carbocycles. The standard InChI is InChI=1S/C15H22N2O2S/c1-12-5-3-4-6-14(12)19-9-8-17(2)15(18)13-11-20-10-7-16-13/h3-6,13,16H,7-11H2,1-2H3. The summed E-state index contributed by atoms with van der Waals surface area (Å²) in [6, 6.07) is 7.88. The van der Waals surface area contributed by atoms with E-state index < -0.39 is 0 Å². The minimum absolute atomic E-state index is 0.0442. The lowest BCUT2D eigenvalue weighted by Crippen LogP contribution is -2.50. The van der Waals surface area contributed by atoms with Gasteiger partial charge < -0.3 is 15.0 Å². The van der Waals surface area contributed by atoms with Crippen molar-refractivity contribution in [3.63, 3.8) is 0 Å². The third-order valence-electron chi connectivity index (χ3n) is 3.37. The summed E-state index contributed by atoms with van der Waals surface area (Å²) in [5, 5.41) is 3.26. The molecule has 110 valence electrons. The number of nitrogens with one attached hydrogen (secondary N) is 1. The first-order valence-electron chi connectivity index (χ1n) is 6.93. The second-order valence-corrected chi connectivity index (χ2v) is 6.11. The van der Waals surface area contributed by atoms with Crippen LogP contribution in [0, 0.1) is 6.92 Å². The van der Waals surface area contributed by atoms with E-state index in [0.717, 1.165) is 29.4 Å². The fourth-order valence-electron chi connectivity index (χ4n) is 2.11. The maximum absolute atomic E-state index is 12.2. The van der Waals surface area contributed by atoms with E-state index in [1.165, 1.54) is 0 Å². The number of aryl methyl sites for hydroxylation is 1. The highest BCUT2D eigenvalue weighted by Crippen LogP contribution is 2.16. The Labute approximate surface area is 124 Å². The molecule has 1 N–H and O–H groups in total. The summed E-state index contributed by atoms with van der Waals surface area (Å²) in [4.78, 5) is 14.0. The number of rotatable bonds is 5. The summed E-state index contributed by atoms with van der Waals surface area (Å²) in [7, 11) is 1.84. The largest absolute Gasteiger partial charge is 0.491 e. The van der Waals surface area contributed by atoms with Gasteiger partial charge in [-0.25, -0.2) is 0 Å². The van der Waals surface area contributed by atoms with Crippen molar-refractivity contribution in [3.05, 3.63) is 29.8 Å². The second kappa shape index (κ2) is 7.55. The number of carbonyl (C=O) groups is 1. The molecule has 0 spiro atoms. The van der Waals surface area contributed by atoms with E-state index in [4.69, 9.17) is 4.74 Å². The number of thioether (sulfide) groups is 1. The molecule has 0 aromatic heterocycles. The van der Waals surface area contributed by atoms with Crippen molar-refractivity contribution in [1.82, 2.24) is 10.2 Å². The quantitative estimate of drug-likeness (QED) is 0.894. The van der Waals surface area contributed by atoms with Crippen LogP contribution in [0.3, 0.4) is 0 Å². The first-order valence-corrected chi connectivity index (χ1v) is 8.08. The Bertz CT molecular complexity index is 447. The van der Waals surface area contributed by atoms with Gasteiger partial charge in [-0.1, -0.05) is 18.2 Å². The molecular formula is C15H22N2O2S. The van der Waals surface area contributed by atoms with Gasteiger partial charge >= 0.3 is 0 Å². The predicted molar refractivity (Wildman–Crippen MR) is 83.4 cm³/mol. The van der Waals surface area contributed by atoms with Crippen molar-refractivity contribution in [2.75, 3.05) is 38.2 Å². The van der Waals surface area contributed by atoms with Crippen LogP contribution in [0.5, 0.6) is 5.75 Å². The van der Waals surface area contributed by atoms with E-state index in [1.54, 1.807) is 4.90 Å². The Balaban J connectivity index is 1.75. The highest BCUT2D eigenvalue weighted by Gasteiger charge is 2.23. The molecule has 1 saturated heterocycles. The van der Waals surface area contributed by atoms with E-state index in [2.05, 4.69) is 5.32 Å². The number of hydrogen-bond acceptors (Lipinski definition) is 4. The van der Waals surface area contributed by atoms with Crippen molar-refractivity contribution in [2.24, 2.45) is 0 Å². The zero-order valence-electron chi connectivity index (χ0n) is 12.1. The van der Waals surface area contributed by atoms with Crippen LogP contribution in [0.4, 0.5) is 0 Å². The number of likely N-dealkylation sites (N-methyl/N-ethyl adjacent to an activating group) is 1. The van der Waals surface area contributed by atoms with E-state index >= 15 is 0 Å². The zero-order chi connectivity index (χ0) is 14.4. The maximum atomic E-state index is 12.2. The third kappa shape index (κ3) is 4.15. The molecule has 1 amide bonds. The molecule has 1 aromatic carbocycles. The molecule has 2 rings (SSSR count). The second-order valence-electron chi connectivity index (χ2n) is 4.96. The maximum Gasteiger partial charge on any atom is 0.240 e. The molecule has 4 nitrogen and oxygen atoms in total. The Kier molecular flexibility index (Phi) is 5.73. The van der Waals surface area contributed by atoms with E-state index in [9.17, 15) is 4.79 Å². The van der Waals surface area contributed by atoms with Crippen LogP contribution >= 0.6 is 11.8 Å². The van der Waals surface area contributed by atoms with Gasteiger partial charge in [-0.15, -0.1) is 0 Å². The van der Waals surface area contributed by atoms with Gasteiger partial charge in [-0.05, 0) is 18.6 Å². The lowest BCUT2D eigenvalue weighted by molar-refractivity contribution is -0.131. The Hall–Kier alpha value is -1.20. The number of amides is 1. The highest BCUT2D eigenvalue weighted by molar-refractivity contribution is 7.99. The molecule has 1 aliphatic rings. The Morgan fingerprint density at radius 3 is 3.00 bits per heavy atom. The van der Waals surface area contributed by atoms with Crippen LogP contribution in [0.25, 0.3) is 0 Å². The average Bonchev–Trinajstić information content (AvgIpc) is 2.49. The lowest BCUT2D eigenvalue weighted by Gasteiger charge is -2.27. The van der Waals surface area contributed by atoms with E-state index in [1.807, 2.05) is 50.0 Å². The molecule has 20 heavy (non-hydrogen) atoms. The van der Waals surface area contributed by atoms with Crippen LogP contribution in [0.2, 0.25) is 0 Å². The van der Waals surface area contributed by atoms with Crippen molar-refractivity contribution in [2.45, 2.75) is 13.0 Å². The van der Waals surface area contributed by atoms with Crippen LogP contribution in [0.1, 0.15) is 5.56 Å². The zero-order valence-corrected chi connectivity index (χ0v) is 12.9. The fraction of sp³-hybridized carbons (Fsp3) is 0.533. The minimum atomic E-state index is -0.0442. The lowest BCUT2D eigenvalue weighted by atomic mass is 10.2. The van der Waals surface area contributed by atoms with Gasteiger partial charge in [0.15, 0.2) is 0 Å². The summed E-state index contributed by atoms with van der Waals surface area (Å²) >= 11 is 1.83. The third-order valence-corrected chi connectivity index (χ3v) is 4.44. The normalized spacial score (nSPS) is 18.6. The number of ether oxygens (including phenoxy) is 1. The minimum Gasteiger partial charge on any atom is -0.491 e. The summed E-state index contributed by atoms with van der Waals surface area (Å²) < 4.78 is 5.73. The Morgan fingerprint density at radius 1 is 1.50 bits per heavy atom. The van der Waals surface area contributed by atoms with Crippen molar-refractivity contribution >= 4 is 17.7 Å². The van der Waals surface area contributed by atoms with Crippen LogP contribution in [0.15, 0.2) is 24.3 Å². The summed E-state index contributed by atoms with van der Waals surface area (Å²) in [6.07, 6.45) is 0. The first kappa shape index (κ1) is 15.2. The van der Waals surface area contributed by atoms with Crippen LogP contribution in [-0.2, 0) is 4.79 Å². The average molecular weight is 294 g/mol. The predicted octanol–water partition coefficient (Wildman–Crippen LogP) is 1.54. The molecule has 1 atom stereocenters. The number of benzene rings is 1. The van der Waals surface area contributed by atoms with Gasteiger partial charge in [0.25, 0.3) is 0 Å². The smallest absolute Gasteiger partial charge is 0.240 e. The van der Waals surface area contributed by atoms with E-state index in [0.29, 0.717) is 13.2 Å². The number of nitrogens with zero attached hydrogens (tertiary/aromatic N) is 1. The molecule has 1 unspecified atom stereocenters. The van der Waals surface area contributed by atoms with Crippen LogP contribution in [-0.4, -0.2) is 55.1 Å². The molecule has 0 radical (unpaired) electrons. The van der Waals surface area contributed by atoms with Crippen LogP contribution < -0.4 is 10.1 Å². The summed E-state index contributed by atoms with van der Waals surface area (Å²) in [5.41, 5.74) is 1.12. The van der Waals surface area contributed by atoms with Gasteiger partial charge in [0.05, 0.1) is 12.6 Å². The van der Waals surface area contributed by atoms with Gasteiger partial charge in [-0.2, -0.15) is 11.8 Å². The fourth-order valence-corrected chi connectivity index (χ4v) is 3.04. The highest BCUT2D eigenvalue weighted by atomic mass is 32.2. The summed E-state index contributed by atoms with van der Waals surface area (Å²) in [5.74, 6) is 3.00. The molecular weight excluding hydrogens is 272 g/mol. The molecule has 0 saturated carbocycles. The molecule has 1 heterocycles. The topological polar surface area (TPSA) is 41.6 Å². The molecule has 1 fully saturated rings. The number of para-hydroxylation sites is 1. The molecule has 5 heteroatoms. The Morgan fingerprint density at radius 2 is 2.30 bits per heavy atom. The van der Waals surface area contributed by atoms with Crippen molar-refractivity contribution < 1.29 is 9.53 Å². The monoisotopic (exact) mass is 294 g/mol. The molecule has 1 aliphatic heterocycles. The van der Waals surface area contributed by atoms with Gasteiger partial charge in [0.2, 0.25) is 5.91 Å². The van der Waals surface area contributed by atoms with Crippen molar-refractivity contribution in [3.8, 4) is 5.75 Å². The molecule has 0 bridgehead atoms. The summed E-state index contributed by atoms with van der Waals surface area (Å²) in [6.45, 7) is 4.06. The first-order chi connectivity index (χ1) is 9.68. The van der Waals surface area contributed by atoms with E-state index in [-0.39, 0.29) is 11.9 Å². The van der Waals surface area contributed by atoms with Gasteiger partial charge in [0, 0.05) is 25.1 Å². The van der Waals surface area contributed by atoms with Crippen molar-refractivity contribution in [1.29, 1.82) is 0 Å². The van der Waals surface area contributed by atoms with Gasteiger partial charge in [-0.3, -0.25) is 4.79 Å². The number of carbonyl (C=O) groups excluding carboxylic acids is 1. The SMILES string of the molecule is Cc1ccccc1OCCN(C)C(=O)C1CSCCN1.